The Balaban J connectivity index is 1.98. The van der Waals surface area contributed by atoms with E-state index in [1.54, 1.807) is 20.1 Å². The van der Waals surface area contributed by atoms with Gasteiger partial charge in [-0.25, -0.2) is 0 Å². The first-order valence-electron chi connectivity index (χ1n) is 9.27. The van der Waals surface area contributed by atoms with Crippen LogP contribution in [0.4, 0.5) is 0 Å². The van der Waals surface area contributed by atoms with Crippen molar-refractivity contribution in [2.45, 2.75) is 39.8 Å². The third kappa shape index (κ3) is 5.77. The molecule has 2 atom stereocenters. The average molecular weight is 388 g/mol. The van der Waals surface area contributed by atoms with Gasteiger partial charge in [-0.2, -0.15) is 0 Å². The summed E-state index contributed by atoms with van der Waals surface area (Å²) >= 11 is 0. The fourth-order valence-corrected chi connectivity index (χ4v) is 2.49. The monoisotopic (exact) mass is 388 g/mol. The van der Waals surface area contributed by atoms with E-state index >= 15 is 0 Å². The van der Waals surface area contributed by atoms with Gasteiger partial charge in [0, 0.05) is 0 Å². The maximum Gasteiger partial charge on any atom is 0.287 e. The van der Waals surface area contributed by atoms with Gasteiger partial charge < -0.3 is 24.5 Å². The van der Waals surface area contributed by atoms with Crippen LogP contribution in [0.15, 0.2) is 41.0 Å². The van der Waals surface area contributed by atoms with Crippen molar-refractivity contribution in [2.75, 3.05) is 13.7 Å². The molecular formula is C21H28N2O5. The molecule has 1 aromatic heterocycles. The van der Waals surface area contributed by atoms with E-state index in [2.05, 4.69) is 24.5 Å². The number of methoxy groups -OCH3 is 1. The standard InChI is InChI=1S/C21H28N2O5/c1-13(2)12-28-17-9-8-16(11-19(17)26-5)14(3)22-20(24)15(4)23-21(25)18-7-6-10-27-18/h6-11,13-15H,12H2,1-5H3,(H,22,24)(H,23,25). The van der Waals surface area contributed by atoms with Gasteiger partial charge in [0.05, 0.1) is 26.0 Å². The Morgan fingerprint density at radius 1 is 1.07 bits per heavy atom. The van der Waals surface area contributed by atoms with Crippen LogP contribution in [0.5, 0.6) is 11.5 Å². The molecule has 2 amide bonds. The van der Waals surface area contributed by atoms with Crippen molar-refractivity contribution >= 4 is 11.8 Å². The van der Waals surface area contributed by atoms with E-state index in [0.29, 0.717) is 24.0 Å². The van der Waals surface area contributed by atoms with Crippen LogP contribution in [-0.2, 0) is 4.79 Å². The normalized spacial score (nSPS) is 12.9. The second kappa shape index (κ2) is 9.82. The highest BCUT2D eigenvalue weighted by Gasteiger charge is 2.20. The molecule has 2 unspecified atom stereocenters. The zero-order valence-electron chi connectivity index (χ0n) is 16.9. The van der Waals surface area contributed by atoms with E-state index < -0.39 is 11.9 Å². The summed E-state index contributed by atoms with van der Waals surface area (Å²) in [6.45, 7) is 8.22. The van der Waals surface area contributed by atoms with Crippen LogP contribution in [0.25, 0.3) is 0 Å². The van der Waals surface area contributed by atoms with E-state index in [1.165, 1.54) is 12.3 Å². The molecule has 152 valence electrons. The molecule has 0 aliphatic heterocycles. The lowest BCUT2D eigenvalue weighted by Gasteiger charge is -2.20. The fourth-order valence-electron chi connectivity index (χ4n) is 2.49. The predicted octanol–water partition coefficient (Wildman–Crippen LogP) is 3.32. The number of benzene rings is 1. The van der Waals surface area contributed by atoms with E-state index in [0.717, 1.165) is 5.56 Å². The smallest absolute Gasteiger partial charge is 0.287 e. The lowest BCUT2D eigenvalue weighted by atomic mass is 10.1. The Labute approximate surface area is 165 Å². The molecule has 0 fully saturated rings. The van der Waals surface area contributed by atoms with E-state index in [9.17, 15) is 9.59 Å². The summed E-state index contributed by atoms with van der Waals surface area (Å²) in [5.74, 6) is 1.10. The fraction of sp³-hybridized carbons (Fsp3) is 0.429. The number of ether oxygens (including phenoxy) is 2. The van der Waals surface area contributed by atoms with Crippen molar-refractivity contribution in [1.82, 2.24) is 10.6 Å². The molecule has 1 aromatic carbocycles. The minimum Gasteiger partial charge on any atom is -0.493 e. The molecule has 0 spiro atoms. The minimum atomic E-state index is -0.712. The van der Waals surface area contributed by atoms with E-state index in [1.807, 2.05) is 25.1 Å². The largest absolute Gasteiger partial charge is 0.493 e. The maximum atomic E-state index is 12.4. The van der Waals surface area contributed by atoms with E-state index in [4.69, 9.17) is 13.9 Å². The van der Waals surface area contributed by atoms with Crippen molar-refractivity contribution in [2.24, 2.45) is 5.92 Å². The third-order valence-corrected chi connectivity index (χ3v) is 4.10. The Bertz CT molecular complexity index is 786. The summed E-state index contributed by atoms with van der Waals surface area (Å²) in [6, 6.07) is 7.73. The van der Waals surface area contributed by atoms with Gasteiger partial charge in [0.25, 0.3) is 5.91 Å². The third-order valence-electron chi connectivity index (χ3n) is 4.10. The number of hydrogen-bond donors (Lipinski definition) is 2. The number of amides is 2. The maximum absolute atomic E-state index is 12.4. The second-order valence-electron chi connectivity index (χ2n) is 7.02. The second-order valence-corrected chi connectivity index (χ2v) is 7.02. The van der Waals surface area contributed by atoms with Gasteiger partial charge in [0.1, 0.15) is 6.04 Å². The molecule has 2 N–H and O–H groups in total. The number of nitrogens with one attached hydrogen (secondary N) is 2. The first-order valence-corrected chi connectivity index (χ1v) is 9.27. The van der Waals surface area contributed by atoms with Crippen LogP contribution in [0, 0.1) is 5.92 Å². The minimum absolute atomic E-state index is 0.162. The number of furan rings is 1. The highest BCUT2D eigenvalue weighted by molar-refractivity contribution is 5.95. The lowest BCUT2D eigenvalue weighted by molar-refractivity contribution is -0.123. The molecule has 7 nitrogen and oxygen atoms in total. The number of carbonyl (C=O) groups is 2. The predicted molar refractivity (Wildman–Crippen MR) is 106 cm³/mol. The summed E-state index contributed by atoms with van der Waals surface area (Å²) in [7, 11) is 1.58. The van der Waals surface area contributed by atoms with Crippen LogP contribution in [0.3, 0.4) is 0 Å². The van der Waals surface area contributed by atoms with Crippen LogP contribution in [0.2, 0.25) is 0 Å². The molecule has 0 aliphatic rings. The summed E-state index contributed by atoms with van der Waals surface area (Å²) in [4.78, 5) is 24.4. The van der Waals surface area contributed by atoms with Crippen molar-refractivity contribution < 1.29 is 23.5 Å². The Kier molecular flexibility index (Phi) is 7.49. The zero-order valence-corrected chi connectivity index (χ0v) is 16.9. The van der Waals surface area contributed by atoms with Gasteiger partial charge in [-0.1, -0.05) is 19.9 Å². The van der Waals surface area contributed by atoms with Crippen molar-refractivity contribution in [3.05, 3.63) is 47.9 Å². The first-order chi connectivity index (χ1) is 13.3. The highest BCUT2D eigenvalue weighted by Crippen LogP contribution is 2.30. The average Bonchev–Trinajstić information content (AvgIpc) is 3.20. The molecule has 1 heterocycles. The van der Waals surface area contributed by atoms with Gasteiger partial charge >= 0.3 is 0 Å². The highest BCUT2D eigenvalue weighted by atomic mass is 16.5. The topological polar surface area (TPSA) is 89.8 Å². The zero-order chi connectivity index (χ0) is 20.7. The molecule has 0 aliphatic carbocycles. The molecular weight excluding hydrogens is 360 g/mol. The molecule has 0 bridgehead atoms. The Morgan fingerprint density at radius 3 is 2.43 bits per heavy atom. The Hall–Kier alpha value is -2.96. The van der Waals surface area contributed by atoms with Crippen LogP contribution >= 0.6 is 0 Å². The van der Waals surface area contributed by atoms with Gasteiger partial charge in [-0.15, -0.1) is 0 Å². The Morgan fingerprint density at radius 2 is 1.82 bits per heavy atom. The SMILES string of the molecule is COc1cc(C(C)NC(=O)C(C)NC(=O)c2ccco2)ccc1OCC(C)C. The summed E-state index contributed by atoms with van der Waals surface area (Å²) in [5.41, 5.74) is 0.867. The van der Waals surface area contributed by atoms with E-state index in [-0.39, 0.29) is 17.7 Å². The summed E-state index contributed by atoms with van der Waals surface area (Å²) in [6.07, 6.45) is 1.41. The van der Waals surface area contributed by atoms with Crippen molar-refractivity contribution in [3.8, 4) is 11.5 Å². The molecule has 0 saturated heterocycles. The van der Waals surface area contributed by atoms with Gasteiger partial charge in [0.15, 0.2) is 17.3 Å². The number of carbonyl (C=O) groups excluding carboxylic acids is 2. The number of hydrogen-bond acceptors (Lipinski definition) is 5. The molecule has 28 heavy (non-hydrogen) atoms. The molecule has 0 radical (unpaired) electrons. The molecule has 0 saturated carbocycles. The first kappa shape index (κ1) is 21.3. The van der Waals surface area contributed by atoms with Crippen LogP contribution in [-0.4, -0.2) is 31.6 Å². The summed E-state index contributed by atoms with van der Waals surface area (Å²) in [5, 5.41) is 5.50. The number of rotatable bonds is 9. The van der Waals surface area contributed by atoms with Crippen molar-refractivity contribution in [3.63, 3.8) is 0 Å². The van der Waals surface area contributed by atoms with Gasteiger partial charge in [0.2, 0.25) is 5.91 Å². The van der Waals surface area contributed by atoms with Gasteiger partial charge in [-0.3, -0.25) is 9.59 Å². The quantitative estimate of drug-likeness (QED) is 0.688. The van der Waals surface area contributed by atoms with Crippen molar-refractivity contribution in [1.29, 1.82) is 0 Å². The summed E-state index contributed by atoms with van der Waals surface area (Å²) < 4.78 is 16.2. The molecule has 2 rings (SSSR count). The van der Waals surface area contributed by atoms with Gasteiger partial charge in [-0.05, 0) is 49.6 Å². The van der Waals surface area contributed by atoms with Crippen LogP contribution in [0.1, 0.15) is 49.9 Å². The van der Waals surface area contributed by atoms with Crippen LogP contribution < -0.4 is 20.1 Å². The molecule has 7 heteroatoms. The lowest BCUT2D eigenvalue weighted by Crippen LogP contribution is -2.45. The molecule has 2 aromatic rings.